The highest BCUT2D eigenvalue weighted by atomic mass is 35.5. The van der Waals surface area contributed by atoms with Crippen molar-refractivity contribution in [2.75, 3.05) is 13.1 Å². The van der Waals surface area contributed by atoms with E-state index in [1.165, 1.54) is 30.3 Å². The van der Waals surface area contributed by atoms with Crippen molar-refractivity contribution in [3.63, 3.8) is 0 Å². The van der Waals surface area contributed by atoms with Gasteiger partial charge in [0.25, 0.3) is 11.5 Å². The molecule has 3 N–H and O–H groups in total. The molecule has 1 spiro atoms. The number of hydrogen-bond donors (Lipinski definition) is 3. The van der Waals surface area contributed by atoms with Crippen LogP contribution in [0.1, 0.15) is 42.5 Å². The first-order valence-corrected chi connectivity index (χ1v) is 12.6. The average Bonchev–Trinajstić information content (AvgIpc) is 3.20. The number of halogens is 2. The van der Waals surface area contributed by atoms with Gasteiger partial charge in [0.2, 0.25) is 0 Å². The Hall–Kier alpha value is -3.34. The minimum atomic E-state index is -0.762. The smallest absolute Gasteiger partial charge is 0.349 e. The molecule has 3 aromatic rings. The second-order valence-corrected chi connectivity index (χ2v) is 10.4. The van der Waals surface area contributed by atoms with Crippen LogP contribution in [0.25, 0.3) is 5.69 Å². The molecule has 2 unspecified atom stereocenters. The van der Waals surface area contributed by atoms with Crippen LogP contribution in [0.2, 0.25) is 10.0 Å². The normalized spacial score (nSPS) is 21.4. The van der Waals surface area contributed by atoms with Crippen LogP contribution >= 0.6 is 23.2 Å². The Kier molecular flexibility index (Phi) is 6.74. The molecule has 1 aliphatic heterocycles. The summed E-state index contributed by atoms with van der Waals surface area (Å²) >= 11 is 12.8. The first-order valence-electron chi connectivity index (χ1n) is 11.8. The number of aliphatic hydroxyl groups is 1. The number of rotatable bonds is 4. The third kappa shape index (κ3) is 5.09. The molecule has 2 aliphatic rings. The van der Waals surface area contributed by atoms with Crippen molar-refractivity contribution in [2.24, 2.45) is 5.41 Å². The van der Waals surface area contributed by atoms with Gasteiger partial charge in [0.1, 0.15) is 17.7 Å². The number of phenolic OH excluding ortho intramolecular Hbond substituents is 1. The van der Waals surface area contributed by atoms with Crippen LogP contribution in [0.5, 0.6) is 17.2 Å². The number of nitrogens with one attached hydrogen (secondary N) is 1. The third-order valence-electron chi connectivity index (χ3n) is 6.98. The fourth-order valence-electron chi connectivity index (χ4n) is 5.27. The van der Waals surface area contributed by atoms with Crippen molar-refractivity contribution < 1.29 is 19.7 Å². The van der Waals surface area contributed by atoms with Crippen LogP contribution in [-0.4, -0.2) is 55.0 Å². The van der Waals surface area contributed by atoms with Crippen molar-refractivity contribution >= 4 is 29.1 Å². The zero-order valence-electron chi connectivity index (χ0n) is 19.6. The van der Waals surface area contributed by atoms with Crippen molar-refractivity contribution in [1.82, 2.24) is 19.7 Å². The standard InChI is InChI=1S/C25H24Cl2N4O6/c26-18-8-14(31-24(36)29-21(34)12-28-31)9-19(27)22(18)37-16-2-3-20(33)17(10-16)23(35)30-7-1-5-25(13-30)6-4-15(32)11-25/h2-3,8-10,12,15,32-33H,1,4-7,11,13H2,(H,29,34,36). The number of H-pyrrole nitrogens is 1. The van der Waals surface area contributed by atoms with E-state index >= 15 is 0 Å². The average molecular weight is 547 g/mol. The fourth-order valence-corrected chi connectivity index (χ4v) is 5.82. The molecule has 12 heteroatoms. The van der Waals surface area contributed by atoms with E-state index in [9.17, 15) is 24.6 Å². The summed E-state index contributed by atoms with van der Waals surface area (Å²) < 4.78 is 6.80. The molecular formula is C25H24Cl2N4O6. The number of likely N-dealkylation sites (tertiary alicyclic amines) is 1. The highest BCUT2D eigenvalue weighted by molar-refractivity contribution is 6.37. The van der Waals surface area contributed by atoms with Crippen LogP contribution < -0.4 is 16.0 Å². The number of nitrogens with zero attached hydrogens (tertiary/aromatic N) is 3. The number of ether oxygens (including phenoxy) is 1. The van der Waals surface area contributed by atoms with Gasteiger partial charge in [0.15, 0.2) is 5.75 Å². The molecule has 1 aromatic heterocycles. The van der Waals surface area contributed by atoms with E-state index in [1.807, 2.05) is 0 Å². The molecule has 1 aliphatic carbocycles. The molecule has 5 rings (SSSR count). The number of benzene rings is 2. The number of phenols is 1. The summed E-state index contributed by atoms with van der Waals surface area (Å²) in [6.45, 7) is 1.10. The number of amides is 1. The molecule has 2 atom stereocenters. The third-order valence-corrected chi connectivity index (χ3v) is 7.55. The van der Waals surface area contributed by atoms with Gasteiger partial charge in [-0.25, -0.2) is 4.79 Å². The van der Waals surface area contributed by atoms with Crippen LogP contribution in [0.15, 0.2) is 46.1 Å². The second kappa shape index (κ2) is 9.85. The second-order valence-electron chi connectivity index (χ2n) is 9.60. The van der Waals surface area contributed by atoms with Gasteiger partial charge in [0, 0.05) is 13.1 Å². The summed E-state index contributed by atoms with van der Waals surface area (Å²) in [5.74, 6) is -0.204. The van der Waals surface area contributed by atoms with E-state index in [2.05, 4.69) is 10.1 Å². The molecule has 0 bridgehead atoms. The lowest BCUT2D eigenvalue weighted by molar-refractivity contribution is 0.0478. The maximum Gasteiger partial charge on any atom is 0.349 e. The molecule has 2 fully saturated rings. The topological polar surface area (TPSA) is 138 Å². The lowest BCUT2D eigenvalue weighted by Crippen LogP contribution is -2.45. The predicted molar refractivity (Wildman–Crippen MR) is 136 cm³/mol. The minimum absolute atomic E-state index is 0.0566. The Morgan fingerprint density at radius 2 is 1.92 bits per heavy atom. The Labute approximate surface area is 221 Å². The molecule has 1 saturated carbocycles. The first kappa shape index (κ1) is 25.3. The van der Waals surface area contributed by atoms with Crippen LogP contribution in [0, 0.1) is 5.41 Å². The van der Waals surface area contributed by atoms with Gasteiger partial charge in [-0.2, -0.15) is 9.78 Å². The van der Waals surface area contributed by atoms with E-state index in [1.54, 1.807) is 4.90 Å². The quantitative estimate of drug-likeness (QED) is 0.455. The van der Waals surface area contributed by atoms with Crippen LogP contribution in [-0.2, 0) is 0 Å². The zero-order valence-corrected chi connectivity index (χ0v) is 21.1. The summed E-state index contributed by atoms with van der Waals surface area (Å²) in [7, 11) is 0. The number of carbonyl (C=O) groups excluding carboxylic acids is 1. The summed E-state index contributed by atoms with van der Waals surface area (Å²) in [6, 6.07) is 7.06. The van der Waals surface area contributed by atoms with Crippen molar-refractivity contribution in [1.29, 1.82) is 0 Å². The van der Waals surface area contributed by atoms with E-state index in [4.69, 9.17) is 27.9 Å². The molecular weight excluding hydrogens is 523 g/mol. The summed E-state index contributed by atoms with van der Waals surface area (Å²) in [4.78, 5) is 40.5. The molecule has 194 valence electrons. The summed E-state index contributed by atoms with van der Waals surface area (Å²) in [6.07, 6.45) is 4.71. The van der Waals surface area contributed by atoms with Crippen LogP contribution in [0.3, 0.4) is 0 Å². The van der Waals surface area contributed by atoms with Gasteiger partial charge in [-0.05, 0) is 67.9 Å². The fraction of sp³-hybridized carbons (Fsp3) is 0.360. The number of aromatic amines is 1. The van der Waals surface area contributed by atoms with Gasteiger partial charge in [-0.1, -0.05) is 23.2 Å². The number of carbonyl (C=O) groups is 1. The summed E-state index contributed by atoms with van der Waals surface area (Å²) in [5, 5.41) is 24.4. The van der Waals surface area contributed by atoms with E-state index < -0.39 is 11.2 Å². The van der Waals surface area contributed by atoms with Gasteiger partial charge >= 0.3 is 5.69 Å². The number of aliphatic hydroxyl groups excluding tert-OH is 1. The maximum atomic E-state index is 13.4. The number of piperidine rings is 1. The molecule has 1 saturated heterocycles. The number of aromatic hydroxyl groups is 1. The highest BCUT2D eigenvalue weighted by Gasteiger charge is 2.43. The van der Waals surface area contributed by atoms with Crippen molar-refractivity contribution in [3.8, 4) is 22.9 Å². The molecule has 2 heterocycles. The van der Waals surface area contributed by atoms with Crippen molar-refractivity contribution in [2.45, 2.75) is 38.2 Å². The van der Waals surface area contributed by atoms with Gasteiger partial charge in [-0.15, -0.1) is 0 Å². The van der Waals surface area contributed by atoms with Crippen molar-refractivity contribution in [3.05, 3.63) is 73.0 Å². The molecule has 10 nitrogen and oxygen atoms in total. The van der Waals surface area contributed by atoms with E-state index in [0.717, 1.165) is 36.6 Å². The van der Waals surface area contributed by atoms with Gasteiger partial charge < -0.3 is 19.8 Å². The molecule has 37 heavy (non-hydrogen) atoms. The predicted octanol–water partition coefficient (Wildman–Crippen LogP) is 3.49. The number of hydrogen-bond acceptors (Lipinski definition) is 7. The molecule has 2 aromatic carbocycles. The largest absolute Gasteiger partial charge is 0.507 e. The zero-order chi connectivity index (χ0) is 26.3. The first-order chi connectivity index (χ1) is 17.6. The SMILES string of the molecule is O=C(c1cc(Oc2c(Cl)cc(-n3ncc(=O)[nH]c3=O)cc2Cl)ccc1O)N1CCCC2(CCC(O)C2)C1. The Morgan fingerprint density at radius 3 is 2.59 bits per heavy atom. The lowest BCUT2D eigenvalue weighted by Gasteiger charge is -2.40. The Bertz CT molecular complexity index is 1460. The van der Waals surface area contributed by atoms with E-state index in [0.29, 0.717) is 19.5 Å². The molecule has 0 radical (unpaired) electrons. The minimum Gasteiger partial charge on any atom is -0.507 e. The maximum absolute atomic E-state index is 13.4. The van der Waals surface area contributed by atoms with Gasteiger partial charge in [0.05, 0.1) is 27.4 Å². The Balaban J connectivity index is 1.39. The van der Waals surface area contributed by atoms with Gasteiger partial charge in [-0.3, -0.25) is 14.6 Å². The number of aromatic nitrogens is 3. The lowest BCUT2D eigenvalue weighted by atomic mass is 9.78. The summed E-state index contributed by atoms with van der Waals surface area (Å²) in [5.41, 5.74) is -1.19. The monoisotopic (exact) mass is 546 g/mol. The molecule has 1 amide bonds. The Morgan fingerprint density at radius 1 is 1.16 bits per heavy atom. The highest BCUT2D eigenvalue weighted by Crippen LogP contribution is 2.45. The van der Waals surface area contributed by atoms with Crippen LogP contribution in [0.4, 0.5) is 0 Å². The van der Waals surface area contributed by atoms with E-state index in [-0.39, 0.29) is 56.0 Å².